The van der Waals surface area contributed by atoms with Gasteiger partial charge < -0.3 is 10.1 Å². The summed E-state index contributed by atoms with van der Waals surface area (Å²) in [5.41, 5.74) is 1.66. The molecule has 1 amide bonds. The molecule has 0 radical (unpaired) electrons. The van der Waals surface area contributed by atoms with E-state index in [1.165, 1.54) is 12.1 Å². The van der Waals surface area contributed by atoms with Gasteiger partial charge in [-0.2, -0.15) is 0 Å². The molecule has 0 spiro atoms. The first-order chi connectivity index (χ1) is 15.7. The lowest BCUT2D eigenvalue weighted by Crippen LogP contribution is -2.46. The molecule has 0 unspecified atom stereocenters. The minimum atomic E-state index is -3.57. The average Bonchev–Trinajstić information content (AvgIpc) is 2.79. The Kier molecular flexibility index (Phi) is 8.99. The van der Waals surface area contributed by atoms with Gasteiger partial charge >= 0.3 is 0 Å². The summed E-state index contributed by atoms with van der Waals surface area (Å²) in [5, 5.41) is 6.33. The Morgan fingerprint density at radius 2 is 1.64 bits per heavy atom. The second-order valence-electron chi connectivity index (χ2n) is 8.55. The van der Waals surface area contributed by atoms with Crippen LogP contribution in [0, 0.1) is 0 Å². The fourth-order valence-corrected chi connectivity index (χ4v) is 4.96. The summed E-state index contributed by atoms with van der Waals surface area (Å²) < 4.78 is 32.6. The number of amides is 1. The zero-order chi connectivity index (χ0) is 23.8. The summed E-state index contributed by atoms with van der Waals surface area (Å²) in [4.78, 5) is 15.4. The fraction of sp³-hybridized carbons (Fsp3) is 0.458. The van der Waals surface area contributed by atoms with Crippen molar-refractivity contribution in [1.82, 2.24) is 14.9 Å². The number of anilines is 1. The van der Waals surface area contributed by atoms with Crippen molar-refractivity contribution in [3.8, 4) is 0 Å². The average molecular weight is 475 g/mol. The number of carbonyl (C=O) groups is 1. The van der Waals surface area contributed by atoms with Gasteiger partial charge in [-0.15, -0.1) is 0 Å². The van der Waals surface area contributed by atoms with Crippen molar-refractivity contribution in [2.75, 3.05) is 38.2 Å². The highest BCUT2D eigenvalue weighted by atomic mass is 32.2. The molecule has 0 aromatic heterocycles. The molecular formula is C24H34N4O4S. The van der Waals surface area contributed by atoms with E-state index in [9.17, 15) is 13.2 Å². The van der Waals surface area contributed by atoms with E-state index in [1.54, 1.807) is 26.0 Å². The number of rotatable bonds is 10. The number of carbonyl (C=O) groups excluding carboxylic acids is 1. The van der Waals surface area contributed by atoms with Gasteiger partial charge in [-0.3, -0.25) is 15.0 Å². The van der Waals surface area contributed by atoms with Crippen LogP contribution in [-0.4, -0.2) is 64.2 Å². The lowest BCUT2D eigenvalue weighted by molar-refractivity contribution is -0.118. The fourth-order valence-electron chi connectivity index (χ4n) is 3.71. The summed E-state index contributed by atoms with van der Waals surface area (Å²) in [6.45, 7) is 9.31. The molecule has 1 saturated heterocycles. The van der Waals surface area contributed by atoms with Crippen LogP contribution in [-0.2, 0) is 19.6 Å². The highest BCUT2D eigenvalue weighted by Crippen LogP contribution is 2.18. The topological polar surface area (TPSA) is 99.8 Å². The maximum Gasteiger partial charge on any atom is 0.241 e. The Hall–Kier alpha value is -2.30. The van der Waals surface area contributed by atoms with Crippen LogP contribution in [0.15, 0.2) is 59.5 Å². The standard InChI is InChI=1S/C24H34N4O4S/c1-18(2)27-33(30,31)22-11-9-21(10-12-22)26-24(29)19(3)25-23(20-7-5-4-6-8-20)17-28-13-15-32-16-14-28/h4-12,18-19,23,25,27H,13-17H2,1-3H3,(H,26,29)/t19-,23+/m0/s1. The van der Waals surface area contributed by atoms with Crippen LogP contribution >= 0.6 is 0 Å². The molecule has 3 rings (SSSR count). The van der Waals surface area contributed by atoms with E-state index in [2.05, 4.69) is 32.4 Å². The van der Waals surface area contributed by atoms with E-state index in [-0.39, 0.29) is 22.9 Å². The molecule has 3 N–H and O–H groups in total. The first-order valence-electron chi connectivity index (χ1n) is 11.3. The van der Waals surface area contributed by atoms with Crippen molar-refractivity contribution in [2.24, 2.45) is 0 Å². The van der Waals surface area contributed by atoms with Crippen molar-refractivity contribution in [2.45, 2.75) is 43.8 Å². The lowest BCUT2D eigenvalue weighted by Gasteiger charge is -2.32. The Morgan fingerprint density at radius 1 is 1.00 bits per heavy atom. The zero-order valence-corrected chi connectivity index (χ0v) is 20.3. The molecule has 33 heavy (non-hydrogen) atoms. The van der Waals surface area contributed by atoms with Crippen molar-refractivity contribution >= 4 is 21.6 Å². The van der Waals surface area contributed by atoms with Crippen molar-refractivity contribution < 1.29 is 17.9 Å². The Morgan fingerprint density at radius 3 is 2.24 bits per heavy atom. The number of morpholine rings is 1. The zero-order valence-electron chi connectivity index (χ0n) is 19.5. The summed E-state index contributed by atoms with van der Waals surface area (Å²) in [5.74, 6) is -0.186. The van der Waals surface area contributed by atoms with E-state index in [0.29, 0.717) is 5.69 Å². The predicted molar refractivity (Wildman–Crippen MR) is 130 cm³/mol. The highest BCUT2D eigenvalue weighted by Gasteiger charge is 2.23. The van der Waals surface area contributed by atoms with Crippen LogP contribution < -0.4 is 15.4 Å². The molecule has 8 nitrogen and oxygen atoms in total. The number of ether oxygens (including phenoxy) is 1. The molecular weight excluding hydrogens is 440 g/mol. The van der Waals surface area contributed by atoms with E-state index >= 15 is 0 Å². The largest absolute Gasteiger partial charge is 0.379 e. The van der Waals surface area contributed by atoms with Crippen LogP contribution in [0.4, 0.5) is 5.69 Å². The smallest absolute Gasteiger partial charge is 0.241 e. The Labute approximate surface area is 196 Å². The first-order valence-corrected chi connectivity index (χ1v) is 12.8. The van der Waals surface area contributed by atoms with Gasteiger partial charge in [0.15, 0.2) is 0 Å². The minimum Gasteiger partial charge on any atom is -0.379 e. The maximum absolute atomic E-state index is 12.9. The van der Waals surface area contributed by atoms with E-state index in [1.807, 2.05) is 25.1 Å². The Balaban J connectivity index is 1.63. The maximum atomic E-state index is 12.9. The van der Waals surface area contributed by atoms with Gasteiger partial charge in [0, 0.05) is 37.4 Å². The van der Waals surface area contributed by atoms with Gasteiger partial charge in [-0.1, -0.05) is 30.3 Å². The van der Waals surface area contributed by atoms with E-state index < -0.39 is 16.1 Å². The molecule has 9 heteroatoms. The molecule has 2 atom stereocenters. The molecule has 2 aromatic carbocycles. The molecule has 0 aliphatic carbocycles. The van der Waals surface area contributed by atoms with E-state index in [0.717, 1.165) is 38.4 Å². The lowest BCUT2D eigenvalue weighted by atomic mass is 10.0. The normalized spacial score (nSPS) is 17.0. The van der Waals surface area contributed by atoms with Gasteiger partial charge in [0.1, 0.15) is 0 Å². The third-order valence-electron chi connectivity index (χ3n) is 5.41. The quantitative estimate of drug-likeness (QED) is 0.489. The number of sulfonamides is 1. The molecule has 1 aliphatic heterocycles. The molecule has 180 valence electrons. The van der Waals surface area contributed by atoms with Gasteiger partial charge in [0.25, 0.3) is 0 Å². The number of hydrogen-bond acceptors (Lipinski definition) is 6. The van der Waals surface area contributed by atoms with Crippen LogP contribution in [0.1, 0.15) is 32.4 Å². The van der Waals surface area contributed by atoms with Gasteiger partial charge in [0.2, 0.25) is 15.9 Å². The second-order valence-corrected chi connectivity index (χ2v) is 10.3. The van der Waals surface area contributed by atoms with Crippen LogP contribution in [0.2, 0.25) is 0 Å². The Bertz CT molecular complexity index is 991. The molecule has 2 aromatic rings. The van der Waals surface area contributed by atoms with Gasteiger partial charge in [-0.05, 0) is 50.6 Å². The molecule has 1 aliphatic rings. The second kappa shape index (κ2) is 11.7. The minimum absolute atomic E-state index is 0.0142. The van der Waals surface area contributed by atoms with Crippen LogP contribution in [0.5, 0.6) is 0 Å². The monoisotopic (exact) mass is 474 g/mol. The molecule has 1 fully saturated rings. The number of hydrogen-bond donors (Lipinski definition) is 3. The molecule has 1 heterocycles. The molecule has 0 bridgehead atoms. The summed E-state index contributed by atoms with van der Waals surface area (Å²) in [6, 6.07) is 15.6. The van der Waals surface area contributed by atoms with Crippen LogP contribution in [0.25, 0.3) is 0 Å². The van der Waals surface area contributed by atoms with Crippen molar-refractivity contribution in [1.29, 1.82) is 0 Å². The number of benzene rings is 2. The number of nitrogens with zero attached hydrogens (tertiary/aromatic N) is 1. The molecule has 0 saturated carbocycles. The van der Waals surface area contributed by atoms with Gasteiger partial charge in [0.05, 0.1) is 24.2 Å². The van der Waals surface area contributed by atoms with E-state index in [4.69, 9.17) is 4.74 Å². The van der Waals surface area contributed by atoms with Crippen molar-refractivity contribution in [3.63, 3.8) is 0 Å². The SMILES string of the molecule is CC(C)NS(=O)(=O)c1ccc(NC(=O)[C@H](C)N[C@H](CN2CCOCC2)c2ccccc2)cc1. The summed E-state index contributed by atoms with van der Waals surface area (Å²) in [7, 11) is -3.57. The van der Waals surface area contributed by atoms with Gasteiger partial charge in [-0.25, -0.2) is 13.1 Å². The summed E-state index contributed by atoms with van der Waals surface area (Å²) >= 11 is 0. The summed E-state index contributed by atoms with van der Waals surface area (Å²) in [6.07, 6.45) is 0. The third kappa shape index (κ3) is 7.62. The first kappa shape index (κ1) is 25.3. The van der Waals surface area contributed by atoms with Crippen molar-refractivity contribution in [3.05, 3.63) is 60.2 Å². The predicted octanol–water partition coefficient (Wildman–Crippen LogP) is 2.36. The highest BCUT2D eigenvalue weighted by molar-refractivity contribution is 7.89. The number of nitrogens with one attached hydrogen (secondary N) is 3. The van der Waals surface area contributed by atoms with Crippen LogP contribution in [0.3, 0.4) is 0 Å². The third-order valence-corrected chi connectivity index (χ3v) is 7.09.